The molecule has 0 aliphatic heterocycles. The summed E-state index contributed by atoms with van der Waals surface area (Å²) in [5, 5.41) is 8.45. The first-order valence-corrected chi connectivity index (χ1v) is 3.66. The molecule has 76 valence electrons. The second kappa shape index (κ2) is 3.21. The summed E-state index contributed by atoms with van der Waals surface area (Å²) >= 11 is 0. The fraction of sp³-hybridized carbons (Fsp3) is 0.250. The van der Waals surface area contributed by atoms with Gasteiger partial charge in [-0.1, -0.05) is 0 Å². The number of hydrogen-bond donors (Lipinski definition) is 2. The van der Waals surface area contributed by atoms with Crippen LogP contribution in [0.2, 0.25) is 0 Å². The summed E-state index contributed by atoms with van der Waals surface area (Å²) in [4.78, 5) is 23.5. The minimum atomic E-state index is -3.49. The molecule has 0 unspecified atom stereocenters. The number of carboxylic acid groups (broad SMARTS) is 1. The van der Waals surface area contributed by atoms with Crippen molar-refractivity contribution in [2.24, 2.45) is 0 Å². The van der Waals surface area contributed by atoms with Gasteiger partial charge in [0.15, 0.2) is 0 Å². The summed E-state index contributed by atoms with van der Waals surface area (Å²) in [5.41, 5.74) is -0.632. The van der Waals surface area contributed by atoms with Crippen molar-refractivity contribution in [2.75, 3.05) is 0 Å². The average Bonchev–Trinajstić information content (AvgIpc) is 2.48. The van der Waals surface area contributed by atoms with Gasteiger partial charge >= 0.3 is 11.9 Å². The number of ketones is 1. The number of hydrogen-bond acceptors (Lipinski definition) is 2. The zero-order chi connectivity index (χ0) is 10.9. The van der Waals surface area contributed by atoms with Crippen LogP contribution in [0.5, 0.6) is 0 Å². The molecule has 0 aliphatic rings. The Morgan fingerprint density at radius 3 is 2.43 bits per heavy atom. The number of halogens is 2. The van der Waals surface area contributed by atoms with Gasteiger partial charge in [-0.15, -0.1) is 0 Å². The van der Waals surface area contributed by atoms with Gasteiger partial charge < -0.3 is 10.1 Å². The number of nitrogens with one attached hydrogen (secondary N) is 1. The zero-order valence-electron chi connectivity index (χ0n) is 7.17. The van der Waals surface area contributed by atoms with E-state index in [2.05, 4.69) is 4.98 Å². The Labute approximate surface area is 77.5 Å². The molecule has 0 bridgehead atoms. The van der Waals surface area contributed by atoms with Gasteiger partial charge in [0.25, 0.3) is 0 Å². The van der Waals surface area contributed by atoms with Crippen molar-refractivity contribution >= 4 is 11.8 Å². The third-order valence-corrected chi connectivity index (χ3v) is 1.57. The predicted molar refractivity (Wildman–Crippen MR) is 42.7 cm³/mol. The van der Waals surface area contributed by atoms with E-state index in [1.165, 1.54) is 0 Å². The second-order valence-corrected chi connectivity index (χ2v) is 2.82. The fourth-order valence-electron chi connectivity index (χ4n) is 0.902. The number of carboxylic acids is 1. The molecule has 4 nitrogen and oxygen atoms in total. The van der Waals surface area contributed by atoms with Crippen LogP contribution < -0.4 is 0 Å². The maximum atomic E-state index is 12.5. The largest absolute Gasteiger partial charge is 0.477 e. The van der Waals surface area contributed by atoms with E-state index in [1.807, 2.05) is 0 Å². The zero-order valence-corrected chi connectivity index (χ0v) is 7.17. The number of aromatic nitrogens is 1. The van der Waals surface area contributed by atoms with Crippen molar-refractivity contribution in [2.45, 2.75) is 12.8 Å². The van der Waals surface area contributed by atoms with Crippen LogP contribution in [0.25, 0.3) is 0 Å². The van der Waals surface area contributed by atoms with Crippen LogP contribution in [0.15, 0.2) is 12.3 Å². The molecule has 0 saturated heterocycles. The molecule has 0 amide bonds. The van der Waals surface area contributed by atoms with Gasteiger partial charge in [0.05, 0.1) is 0 Å². The molecule has 0 saturated carbocycles. The number of aromatic amines is 1. The van der Waals surface area contributed by atoms with Crippen LogP contribution in [-0.2, 0) is 0 Å². The summed E-state index contributed by atoms with van der Waals surface area (Å²) < 4.78 is 25.0. The standard InChI is InChI=1S/C8H7F2NO3/c1-8(9,10)6(12)4-2-5(7(13)14)11-3-4/h2-3,11H,1H3,(H,13,14). The van der Waals surface area contributed by atoms with Crippen molar-refractivity contribution in [3.63, 3.8) is 0 Å². The molecule has 0 spiro atoms. The minimum absolute atomic E-state index is 0.294. The summed E-state index contributed by atoms with van der Waals surface area (Å²) in [7, 11) is 0. The van der Waals surface area contributed by atoms with Crippen molar-refractivity contribution in [1.82, 2.24) is 4.98 Å². The highest BCUT2D eigenvalue weighted by Gasteiger charge is 2.33. The third kappa shape index (κ3) is 1.95. The van der Waals surface area contributed by atoms with Crippen molar-refractivity contribution in [1.29, 1.82) is 0 Å². The number of rotatable bonds is 3. The van der Waals surface area contributed by atoms with E-state index < -0.39 is 17.7 Å². The summed E-state index contributed by atoms with van der Waals surface area (Å²) in [6.45, 7) is 0.461. The highest BCUT2D eigenvalue weighted by atomic mass is 19.3. The lowest BCUT2D eigenvalue weighted by Gasteiger charge is -2.05. The number of alkyl halides is 2. The molecule has 0 aromatic carbocycles. The van der Waals surface area contributed by atoms with Gasteiger partial charge in [0, 0.05) is 18.7 Å². The van der Waals surface area contributed by atoms with Gasteiger partial charge in [-0.2, -0.15) is 8.78 Å². The van der Waals surface area contributed by atoms with Crippen LogP contribution in [0, 0.1) is 0 Å². The Hall–Kier alpha value is -1.72. The van der Waals surface area contributed by atoms with Crippen LogP contribution in [0.1, 0.15) is 27.8 Å². The molecule has 6 heteroatoms. The maximum Gasteiger partial charge on any atom is 0.352 e. The van der Waals surface area contributed by atoms with E-state index in [1.54, 1.807) is 0 Å². The van der Waals surface area contributed by atoms with E-state index in [0.717, 1.165) is 12.3 Å². The van der Waals surface area contributed by atoms with E-state index in [9.17, 15) is 18.4 Å². The highest BCUT2D eigenvalue weighted by Crippen LogP contribution is 2.19. The van der Waals surface area contributed by atoms with Gasteiger partial charge in [0.2, 0.25) is 5.78 Å². The number of carbonyl (C=O) groups excluding carboxylic acids is 1. The molecule has 1 heterocycles. The first-order chi connectivity index (χ1) is 6.32. The van der Waals surface area contributed by atoms with Gasteiger partial charge in [-0.3, -0.25) is 4.79 Å². The normalized spacial score (nSPS) is 11.4. The van der Waals surface area contributed by atoms with Gasteiger partial charge in [-0.05, 0) is 6.07 Å². The molecule has 0 aliphatic carbocycles. The summed E-state index contributed by atoms with van der Waals surface area (Å²) in [6.07, 6.45) is 0.948. The molecule has 0 atom stereocenters. The van der Waals surface area contributed by atoms with Gasteiger partial charge in [-0.25, -0.2) is 4.79 Å². The van der Waals surface area contributed by atoms with Crippen molar-refractivity contribution in [3.05, 3.63) is 23.5 Å². The summed E-state index contributed by atoms with van der Waals surface area (Å²) in [5.74, 6) is -6.19. The Morgan fingerprint density at radius 2 is 2.07 bits per heavy atom. The quantitative estimate of drug-likeness (QED) is 0.732. The lowest BCUT2D eigenvalue weighted by Crippen LogP contribution is -2.23. The molecule has 2 N–H and O–H groups in total. The lowest BCUT2D eigenvalue weighted by atomic mass is 10.1. The maximum absolute atomic E-state index is 12.5. The highest BCUT2D eigenvalue weighted by molar-refractivity contribution is 6.02. The van der Waals surface area contributed by atoms with E-state index in [0.29, 0.717) is 6.92 Å². The van der Waals surface area contributed by atoms with Crippen LogP contribution >= 0.6 is 0 Å². The van der Waals surface area contributed by atoms with Crippen LogP contribution in [0.3, 0.4) is 0 Å². The Balaban J connectivity index is 2.99. The smallest absolute Gasteiger partial charge is 0.352 e. The van der Waals surface area contributed by atoms with Gasteiger partial charge in [0.1, 0.15) is 5.69 Å². The number of aromatic carboxylic acids is 1. The number of carbonyl (C=O) groups is 2. The molecular weight excluding hydrogens is 196 g/mol. The van der Waals surface area contributed by atoms with E-state index in [-0.39, 0.29) is 11.3 Å². The number of H-pyrrole nitrogens is 1. The number of Topliss-reactive ketones (excluding diaryl/α,β-unsaturated/α-hetero) is 1. The average molecular weight is 203 g/mol. The molecule has 14 heavy (non-hydrogen) atoms. The first kappa shape index (κ1) is 10.4. The third-order valence-electron chi connectivity index (χ3n) is 1.57. The minimum Gasteiger partial charge on any atom is -0.477 e. The Bertz CT molecular complexity index is 378. The molecular formula is C8H7F2NO3. The van der Waals surface area contributed by atoms with E-state index in [4.69, 9.17) is 5.11 Å². The SMILES string of the molecule is CC(F)(F)C(=O)c1c[nH]c(C(=O)O)c1. The molecule has 0 radical (unpaired) electrons. The predicted octanol–water partition coefficient (Wildman–Crippen LogP) is 1.55. The van der Waals surface area contributed by atoms with Crippen LogP contribution in [0.4, 0.5) is 8.78 Å². The topological polar surface area (TPSA) is 70.2 Å². The van der Waals surface area contributed by atoms with E-state index >= 15 is 0 Å². The molecule has 1 aromatic heterocycles. The van der Waals surface area contributed by atoms with Crippen molar-refractivity contribution < 1.29 is 23.5 Å². The molecule has 0 fully saturated rings. The second-order valence-electron chi connectivity index (χ2n) is 2.82. The van der Waals surface area contributed by atoms with Crippen molar-refractivity contribution in [3.8, 4) is 0 Å². The molecule has 1 rings (SSSR count). The lowest BCUT2D eigenvalue weighted by molar-refractivity contribution is 0.0222. The Morgan fingerprint density at radius 1 is 1.50 bits per heavy atom. The monoisotopic (exact) mass is 203 g/mol. The van der Waals surface area contributed by atoms with Crippen LogP contribution in [-0.4, -0.2) is 27.8 Å². The summed E-state index contributed by atoms with van der Waals surface area (Å²) in [6, 6.07) is 0.877. The first-order valence-electron chi connectivity index (χ1n) is 3.66. The Kier molecular flexibility index (Phi) is 2.37. The molecule has 1 aromatic rings. The fourth-order valence-corrected chi connectivity index (χ4v) is 0.902.